The Labute approximate surface area is 184 Å². The molecule has 4 heterocycles. The third kappa shape index (κ3) is 3.22. The summed E-state index contributed by atoms with van der Waals surface area (Å²) in [5.41, 5.74) is -0.197. The minimum atomic E-state index is -0.536. The van der Waals surface area contributed by atoms with Gasteiger partial charge in [0.1, 0.15) is 11.5 Å². The van der Waals surface area contributed by atoms with Crippen LogP contribution in [-0.2, 0) is 4.79 Å². The Morgan fingerprint density at radius 1 is 1.06 bits per heavy atom. The molecular weight excluding hydrogens is 396 g/mol. The molecule has 3 saturated heterocycles. The number of piperidine rings is 1. The summed E-state index contributed by atoms with van der Waals surface area (Å²) in [7, 11) is 3.51. The van der Waals surface area contributed by atoms with Gasteiger partial charge in [-0.25, -0.2) is 4.79 Å². The van der Waals surface area contributed by atoms with Crippen molar-refractivity contribution in [2.75, 3.05) is 53.4 Å². The Bertz CT molecular complexity index is 899. The Balaban J connectivity index is 1.59. The number of carbonyl (C=O) groups excluding carboxylic acids is 3. The number of aryl methyl sites for hydroxylation is 2. The molecule has 0 aromatic carbocycles. The van der Waals surface area contributed by atoms with Crippen LogP contribution in [0.1, 0.15) is 48.1 Å². The Morgan fingerprint density at radius 3 is 2.26 bits per heavy atom. The smallest absolute Gasteiger partial charge is 0.319 e. The molecule has 4 amide bonds. The number of furan rings is 1. The molecular formula is C23H34N4O4. The van der Waals surface area contributed by atoms with Crippen molar-refractivity contribution in [3.05, 3.63) is 23.2 Å². The molecule has 0 bridgehead atoms. The van der Waals surface area contributed by atoms with Gasteiger partial charge in [0.15, 0.2) is 0 Å². The third-order valence-electron chi connectivity index (χ3n) is 7.79. The maximum Gasteiger partial charge on any atom is 0.319 e. The van der Waals surface area contributed by atoms with E-state index in [1.165, 1.54) is 0 Å². The van der Waals surface area contributed by atoms with Crippen molar-refractivity contribution in [2.24, 2.45) is 10.8 Å². The number of rotatable bonds is 2. The fourth-order valence-electron chi connectivity index (χ4n) is 6.05. The minimum absolute atomic E-state index is 0.00889. The second-order valence-electron chi connectivity index (χ2n) is 9.65. The van der Waals surface area contributed by atoms with Crippen LogP contribution in [0, 0.1) is 24.7 Å². The molecule has 1 unspecified atom stereocenters. The maximum absolute atomic E-state index is 13.5. The lowest BCUT2D eigenvalue weighted by Gasteiger charge is -2.46. The van der Waals surface area contributed by atoms with Crippen molar-refractivity contribution in [3.8, 4) is 0 Å². The van der Waals surface area contributed by atoms with Crippen molar-refractivity contribution >= 4 is 17.8 Å². The standard InChI is InChI=1S/C23H34N4O4/c1-6-25-12-9-23(20(25)29)15-27(21(30)24(4)5)14-22(23)7-10-26(11-8-22)19(28)18-13-16(2)31-17(18)3/h13H,6-12,14-15H2,1-5H3. The SMILES string of the molecule is CCN1CCC2(CN(C(=O)N(C)C)CC23CCN(C(=O)c2cc(C)oc2C)CC3)C1=O. The molecule has 1 aromatic rings. The van der Waals surface area contributed by atoms with Gasteiger partial charge in [-0.1, -0.05) is 0 Å². The van der Waals surface area contributed by atoms with E-state index in [1.54, 1.807) is 25.1 Å². The van der Waals surface area contributed by atoms with Crippen LogP contribution in [0.25, 0.3) is 0 Å². The van der Waals surface area contributed by atoms with Gasteiger partial charge >= 0.3 is 6.03 Å². The number of carbonyl (C=O) groups is 3. The van der Waals surface area contributed by atoms with E-state index in [2.05, 4.69) is 0 Å². The predicted molar refractivity (Wildman–Crippen MR) is 116 cm³/mol. The van der Waals surface area contributed by atoms with Gasteiger partial charge in [-0.05, 0) is 46.1 Å². The first-order chi connectivity index (χ1) is 14.6. The highest BCUT2D eigenvalue weighted by molar-refractivity contribution is 5.95. The lowest BCUT2D eigenvalue weighted by Crippen LogP contribution is -2.53. The predicted octanol–water partition coefficient (Wildman–Crippen LogP) is 2.35. The highest BCUT2D eigenvalue weighted by atomic mass is 16.3. The second-order valence-corrected chi connectivity index (χ2v) is 9.65. The topological polar surface area (TPSA) is 77.3 Å². The lowest BCUT2D eigenvalue weighted by molar-refractivity contribution is -0.141. The number of hydrogen-bond acceptors (Lipinski definition) is 4. The molecule has 8 nitrogen and oxygen atoms in total. The van der Waals surface area contributed by atoms with E-state index in [0.29, 0.717) is 44.0 Å². The van der Waals surface area contributed by atoms with Crippen LogP contribution in [-0.4, -0.2) is 90.8 Å². The van der Waals surface area contributed by atoms with Gasteiger partial charge < -0.3 is 24.0 Å². The van der Waals surface area contributed by atoms with Gasteiger partial charge in [0.25, 0.3) is 5.91 Å². The number of urea groups is 1. The highest BCUT2D eigenvalue weighted by Gasteiger charge is 2.66. The Morgan fingerprint density at radius 2 is 1.74 bits per heavy atom. The van der Waals surface area contributed by atoms with Gasteiger partial charge in [-0.3, -0.25) is 9.59 Å². The molecule has 0 N–H and O–H groups in total. The van der Waals surface area contributed by atoms with Gasteiger partial charge in [0.2, 0.25) is 5.91 Å². The fraction of sp³-hybridized carbons (Fsp3) is 0.696. The Hall–Kier alpha value is -2.51. The first kappa shape index (κ1) is 21.7. The van der Waals surface area contributed by atoms with Crippen LogP contribution >= 0.6 is 0 Å². The lowest BCUT2D eigenvalue weighted by atomic mass is 9.60. The maximum atomic E-state index is 13.5. The molecule has 0 radical (unpaired) electrons. The second kappa shape index (κ2) is 7.57. The van der Waals surface area contributed by atoms with Crippen molar-refractivity contribution < 1.29 is 18.8 Å². The molecule has 1 atom stereocenters. The molecule has 4 rings (SSSR count). The summed E-state index contributed by atoms with van der Waals surface area (Å²) in [5.74, 6) is 1.56. The van der Waals surface area contributed by atoms with E-state index in [-0.39, 0.29) is 23.3 Å². The van der Waals surface area contributed by atoms with E-state index in [4.69, 9.17) is 4.42 Å². The van der Waals surface area contributed by atoms with Gasteiger partial charge in [-0.2, -0.15) is 0 Å². The van der Waals surface area contributed by atoms with E-state index >= 15 is 0 Å². The van der Waals surface area contributed by atoms with Crippen LogP contribution < -0.4 is 0 Å². The van der Waals surface area contributed by atoms with Crippen molar-refractivity contribution in [3.63, 3.8) is 0 Å². The number of nitrogens with zero attached hydrogens (tertiary/aromatic N) is 4. The molecule has 0 saturated carbocycles. The van der Waals surface area contributed by atoms with Crippen LogP contribution in [0.2, 0.25) is 0 Å². The summed E-state index contributed by atoms with van der Waals surface area (Å²) in [5, 5.41) is 0. The number of amides is 4. The third-order valence-corrected chi connectivity index (χ3v) is 7.79. The average Bonchev–Trinajstić information content (AvgIpc) is 3.36. The van der Waals surface area contributed by atoms with Crippen LogP contribution in [0.5, 0.6) is 0 Å². The minimum Gasteiger partial charge on any atom is -0.466 e. The van der Waals surface area contributed by atoms with Crippen LogP contribution in [0.3, 0.4) is 0 Å². The largest absolute Gasteiger partial charge is 0.466 e. The molecule has 0 aliphatic carbocycles. The normalized spacial score (nSPS) is 25.2. The quantitative estimate of drug-likeness (QED) is 0.722. The summed E-state index contributed by atoms with van der Waals surface area (Å²) in [4.78, 5) is 46.7. The zero-order valence-corrected chi connectivity index (χ0v) is 19.4. The number of fused-ring (bicyclic) bond motifs is 1. The van der Waals surface area contributed by atoms with E-state index < -0.39 is 5.41 Å². The van der Waals surface area contributed by atoms with Crippen molar-refractivity contribution in [2.45, 2.75) is 40.0 Å². The zero-order valence-electron chi connectivity index (χ0n) is 19.4. The van der Waals surface area contributed by atoms with Gasteiger partial charge in [-0.15, -0.1) is 0 Å². The first-order valence-corrected chi connectivity index (χ1v) is 11.3. The van der Waals surface area contributed by atoms with Gasteiger partial charge in [0.05, 0.1) is 11.0 Å². The molecule has 8 heteroatoms. The molecule has 3 fully saturated rings. The number of hydrogen-bond donors (Lipinski definition) is 0. The first-order valence-electron chi connectivity index (χ1n) is 11.3. The molecule has 1 aromatic heterocycles. The summed E-state index contributed by atoms with van der Waals surface area (Å²) in [6.07, 6.45) is 2.25. The summed E-state index contributed by atoms with van der Waals surface area (Å²) < 4.78 is 5.55. The highest BCUT2D eigenvalue weighted by Crippen LogP contribution is 2.58. The van der Waals surface area contributed by atoms with E-state index in [1.807, 2.05) is 35.5 Å². The van der Waals surface area contributed by atoms with Gasteiger partial charge in [0, 0.05) is 58.8 Å². The fourth-order valence-corrected chi connectivity index (χ4v) is 6.05. The molecule has 170 valence electrons. The monoisotopic (exact) mass is 430 g/mol. The molecule has 2 spiro atoms. The van der Waals surface area contributed by atoms with E-state index in [9.17, 15) is 14.4 Å². The summed E-state index contributed by atoms with van der Waals surface area (Å²) in [6.45, 7) is 9.36. The zero-order chi connectivity index (χ0) is 22.6. The average molecular weight is 431 g/mol. The van der Waals surface area contributed by atoms with E-state index in [0.717, 1.165) is 31.6 Å². The molecule has 3 aliphatic heterocycles. The molecule has 31 heavy (non-hydrogen) atoms. The van der Waals surface area contributed by atoms with Crippen LogP contribution in [0.4, 0.5) is 4.79 Å². The summed E-state index contributed by atoms with van der Waals surface area (Å²) in [6, 6.07) is 1.76. The van der Waals surface area contributed by atoms with Crippen molar-refractivity contribution in [1.82, 2.24) is 19.6 Å². The summed E-state index contributed by atoms with van der Waals surface area (Å²) >= 11 is 0. The Kier molecular flexibility index (Phi) is 5.30. The van der Waals surface area contributed by atoms with Crippen LogP contribution in [0.15, 0.2) is 10.5 Å². The van der Waals surface area contributed by atoms with Crippen molar-refractivity contribution in [1.29, 1.82) is 0 Å². The molecule has 3 aliphatic rings. The number of likely N-dealkylation sites (tertiary alicyclic amines) is 3.